The molecule has 0 radical (unpaired) electrons. The summed E-state index contributed by atoms with van der Waals surface area (Å²) in [7, 11) is 0. The van der Waals surface area contributed by atoms with Crippen molar-refractivity contribution in [1.82, 2.24) is 20.5 Å². The quantitative estimate of drug-likeness (QED) is 0.557. The van der Waals surface area contributed by atoms with Gasteiger partial charge >= 0.3 is 0 Å². The van der Waals surface area contributed by atoms with E-state index >= 15 is 0 Å². The highest BCUT2D eigenvalue weighted by atomic mass is 35.5. The summed E-state index contributed by atoms with van der Waals surface area (Å²) in [5.74, 6) is -0.0216. The smallest absolute Gasteiger partial charge is 0.252 e. The van der Waals surface area contributed by atoms with Crippen LogP contribution in [0.4, 0.5) is 0 Å². The average molecular weight is 453 g/mol. The van der Waals surface area contributed by atoms with E-state index in [9.17, 15) is 4.79 Å². The van der Waals surface area contributed by atoms with Crippen LogP contribution in [0.25, 0.3) is 21.5 Å². The Hall–Kier alpha value is -1.70. The second-order valence-corrected chi connectivity index (χ2v) is 7.70. The number of hydrogen-bond acceptors (Lipinski definition) is 5. The number of aromatic nitrogens is 1. The van der Waals surface area contributed by atoms with Gasteiger partial charge in [0, 0.05) is 38.1 Å². The molecule has 1 aromatic carbocycles. The first-order valence-corrected chi connectivity index (χ1v) is 10.3. The van der Waals surface area contributed by atoms with Crippen molar-refractivity contribution in [2.75, 3.05) is 39.3 Å². The molecule has 2 aromatic heterocycles. The molecule has 3 heterocycles. The number of nitrogens with zero attached hydrogens (tertiary/aromatic N) is 2. The van der Waals surface area contributed by atoms with E-state index in [2.05, 4.69) is 15.5 Å². The molecule has 8 heteroatoms. The van der Waals surface area contributed by atoms with Crippen molar-refractivity contribution >= 4 is 53.0 Å². The maximum Gasteiger partial charge on any atom is 0.252 e. The molecule has 0 atom stereocenters. The summed E-state index contributed by atoms with van der Waals surface area (Å²) in [6, 6.07) is 13.8. The number of para-hydroxylation sites is 1. The fourth-order valence-corrected chi connectivity index (χ4v) is 4.13. The summed E-state index contributed by atoms with van der Waals surface area (Å²) >= 11 is 1.64. The highest BCUT2D eigenvalue weighted by molar-refractivity contribution is 7.13. The molecular weight excluding hydrogens is 427 g/mol. The minimum atomic E-state index is -0.0216. The van der Waals surface area contributed by atoms with Crippen molar-refractivity contribution in [3.63, 3.8) is 0 Å². The van der Waals surface area contributed by atoms with E-state index in [1.54, 1.807) is 11.3 Å². The third kappa shape index (κ3) is 5.90. The number of carbonyl (C=O) groups excluding carboxylic acids is 1. The lowest BCUT2D eigenvalue weighted by atomic mass is 10.1. The van der Waals surface area contributed by atoms with E-state index in [4.69, 9.17) is 4.98 Å². The van der Waals surface area contributed by atoms with Crippen molar-refractivity contribution in [1.29, 1.82) is 0 Å². The molecule has 5 nitrogen and oxygen atoms in total. The third-order valence-electron chi connectivity index (χ3n) is 4.88. The highest BCUT2D eigenvalue weighted by Crippen LogP contribution is 2.27. The molecular formula is C21H26Cl2N4OS. The molecule has 0 bridgehead atoms. The van der Waals surface area contributed by atoms with Crippen molar-refractivity contribution in [2.45, 2.75) is 6.42 Å². The summed E-state index contributed by atoms with van der Waals surface area (Å²) in [5.41, 5.74) is 2.41. The van der Waals surface area contributed by atoms with Crippen LogP contribution in [0.15, 0.2) is 47.8 Å². The van der Waals surface area contributed by atoms with Gasteiger partial charge in [-0.05, 0) is 36.5 Å². The van der Waals surface area contributed by atoms with E-state index in [0.717, 1.165) is 60.6 Å². The van der Waals surface area contributed by atoms with Crippen LogP contribution in [0.3, 0.4) is 0 Å². The Morgan fingerprint density at radius 2 is 1.93 bits per heavy atom. The lowest BCUT2D eigenvalue weighted by molar-refractivity contribution is 0.0953. The van der Waals surface area contributed by atoms with Gasteiger partial charge in [-0.3, -0.25) is 4.79 Å². The predicted octanol–water partition coefficient (Wildman–Crippen LogP) is 3.83. The molecule has 3 aromatic rings. The van der Waals surface area contributed by atoms with Crippen LogP contribution in [0.1, 0.15) is 16.8 Å². The summed E-state index contributed by atoms with van der Waals surface area (Å²) < 4.78 is 0. The summed E-state index contributed by atoms with van der Waals surface area (Å²) in [4.78, 5) is 21.1. The van der Waals surface area contributed by atoms with E-state index in [-0.39, 0.29) is 30.7 Å². The Morgan fingerprint density at radius 3 is 2.69 bits per heavy atom. The maximum atomic E-state index is 12.9. The molecule has 0 aliphatic carbocycles. The number of piperazine rings is 1. The van der Waals surface area contributed by atoms with Crippen LogP contribution in [0, 0.1) is 0 Å². The topological polar surface area (TPSA) is 57.3 Å². The Morgan fingerprint density at radius 1 is 1.14 bits per heavy atom. The summed E-state index contributed by atoms with van der Waals surface area (Å²) in [5, 5.41) is 9.39. The second kappa shape index (κ2) is 11.5. The molecule has 1 aliphatic heterocycles. The number of fused-ring (bicyclic) bond motifs is 1. The number of thiophene rings is 1. The molecule has 1 aliphatic rings. The van der Waals surface area contributed by atoms with Crippen LogP contribution in [-0.4, -0.2) is 55.1 Å². The predicted molar refractivity (Wildman–Crippen MR) is 126 cm³/mol. The molecule has 2 N–H and O–H groups in total. The largest absolute Gasteiger partial charge is 0.352 e. The van der Waals surface area contributed by atoms with Crippen molar-refractivity contribution in [3.05, 3.63) is 53.4 Å². The van der Waals surface area contributed by atoms with Gasteiger partial charge in [-0.1, -0.05) is 24.3 Å². The number of amides is 1. The first-order valence-electron chi connectivity index (χ1n) is 9.46. The van der Waals surface area contributed by atoms with E-state index in [1.807, 2.05) is 47.8 Å². The number of rotatable bonds is 6. The zero-order valence-electron chi connectivity index (χ0n) is 16.1. The van der Waals surface area contributed by atoms with Gasteiger partial charge in [0.15, 0.2) is 0 Å². The molecule has 156 valence electrons. The minimum Gasteiger partial charge on any atom is -0.352 e. The lowest BCUT2D eigenvalue weighted by Gasteiger charge is -2.27. The number of pyridine rings is 1. The zero-order valence-corrected chi connectivity index (χ0v) is 18.5. The van der Waals surface area contributed by atoms with Crippen LogP contribution in [0.5, 0.6) is 0 Å². The fourth-order valence-electron chi connectivity index (χ4n) is 3.45. The Kier molecular flexibility index (Phi) is 9.33. The Bertz CT molecular complexity index is 914. The lowest BCUT2D eigenvalue weighted by Crippen LogP contribution is -2.44. The van der Waals surface area contributed by atoms with Gasteiger partial charge in [-0.15, -0.1) is 36.2 Å². The number of benzene rings is 1. The standard InChI is InChI=1S/C21H24N4OS.2ClH/c26-21(23-8-4-11-25-12-9-22-10-13-25)17-15-19(20-7-3-14-27-20)24-18-6-2-1-5-16(17)18;;/h1-3,5-7,14-15,22H,4,8-13H2,(H,23,26);2*1H. The van der Waals surface area contributed by atoms with E-state index in [0.29, 0.717) is 12.1 Å². The molecule has 0 unspecified atom stereocenters. The number of carbonyl (C=O) groups is 1. The SMILES string of the molecule is Cl.Cl.O=C(NCCCN1CCNCC1)c1cc(-c2cccs2)nc2ccccc12. The van der Waals surface area contributed by atoms with Crippen LogP contribution in [0.2, 0.25) is 0 Å². The van der Waals surface area contributed by atoms with Crippen LogP contribution >= 0.6 is 36.2 Å². The molecule has 4 rings (SSSR count). The van der Waals surface area contributed by atoms with Gasteiger partial charge in [0.05, 0.1) is 21.7 Å². The number of halogens is 2. The van der Waals surface area contributed by atoms with Crippen molar-refractivity contribution in [3.8, 4) is 10.6 Å². The molecule has 1 saturated heterocycles. The molecule has 0 spiro atoms. The first kappa shape index (κ1) is 23.6. The van der Waals surface area contributed by atoms with Gasteiger partial charge in [-0.25, -0.2) is 4.98 Å². The van der Waals surface area contributed by atoms with Crippen LogP contribution < -0.4 is 10.6 Å². The number of nitrogens with one attached hydrogen (secondary N) is 2. The molecule has 29 heavy (non-hydrogen) atoms. The zero-order chi connectivity index (χ0) is 18.5. The monoisotopic (exact) mass is 452 g/mol. The Labute approximate surface area is 187 Å². The summed E-state index contributed by atoms with van der Waals surface area (Å²) in [6.07, 6.45) is 0.965. The van der Waals surface area contributed by atoms with Gasteiger partial charge < -0.3 is 15.5 Å². The van der Waals surface area contributed by atoms with Gasteiger partial charge in [0.25, 0.3) is 5.91 Å². The van der Waals surface area contributed by atoms with Crippen LogP contribution in [-0.2, 0) is 0 Å². The minimum absolute atomic E-state index is 0. The van der Waals surface area contributed by atoms with E-state index in [1.165, 1.54) is 0 Å². The molecule has 0 saturated carbocycles. The van der Waals surface area contributed by atoms with Crippen molar-refractivity contribution < 1.29 is 4.79 Å². The first-order chi connectivity index (χ1) is 13.3. The second-order valence-electron chi connectivity index (χ2n) is 6.75. The Balaban J connectivity index is 0.00000150. The normalized spacial score (nSPS) is 14.1. The highest BCUT2D eigenvalue weighted by Gasteiger charge is 2.14. The third-order valence-corrected chi connectivity index (χ3v) is 5.77. The average Bonchev–Trinajstić information content (AvgIpc) is 3.26. The van der Waals surface area contributed by atoms with Crippen molar-refractivity contribution in [2.24, 2.45) is 0 Å². The van der Waals surface area contributed by atoms with Gasteiger partial charge in [-0.2, -0.15) is 0 Å². The van der Waals surface area contributed by atoms with Gasteiger partial charge in [0.1, 0.15) is 0 Å². The number of hydrogen-bond donors (Lipinski definition) is 2. The molecule has 1 fully saturated rings. The fraction of sp³-hybridized carbons (Fsp3) is 0.333. The maximum absolute atomic E-state index is 12.9. The summed E-state index contributed by atoms with van der Waals surface area (Å²) in [6.45, 7) is 6.01. The molecule has 1 amide bonds. The van der Waals surface area contributed by atoms with Gasteiger partial charge in [0.2, 0.25) is 0 Å². The van der Waals surface area contributed by atoms with E-state index < -0.39 is 0 Å².